The number of rotatable bonds is 3. The monoisotopic (exact) mass is 298 g/mol. The third-order valence-electron chi connectivity index (χ3n) is 4.29. The number of carbonyl (C=O) groups excluding carboxylic acids is 1. The van der Waals surface area contributed by atoms with Gasteiger partial charge in [-0.25, -0.2) is 0 Å². The third-order valence-corrected chi connectivity index (χ3v) is 4.29. The van der Waals surface area contributed by atoms with Crippen LogP contribution in [0.5, 0.6) is 0 Å². The van der Waals surface area contributed by atoms with E-state index in [9.17, 15) is 4.79 Å². The van der Waals surface area contributed by atoms with Gasteiger partial charge in [0.15, 0.2) is 5.69 Å². The van der Waals surface area contributed by atoms with Crippen LogP contribution in [0, 0.1) is 6.92 Å². The minimum Gasteiger partial charge on any atom is -0.360 e. The molecule has 0 N–H and O–H groups in total. The van der Waals surface area contributed by atoms with Crippen LogP contribution in [0.15, 0.2) is 34.9 Å². The largest absolute Gasteiger partial charge is 0.360 e. The first kappa shape index (κ1) is 14.8. The highest BCUT2D eigenvalue weighted by Crippen LogP contribution is 2.33. The van der Waals surface area contributed by atoms with Gasteiger partial charge in [0, 0.05) is 18.5 Å². The highest BCUT2D eigenvalue weighted by molar-refractivity contribution is 5.92. The van der Waals surface area contributed by atoms with Crippen molar-refractivity contribution in [1.82, 2.24) is 10.1 Å². The van der Waals surface area contributed by atoms with Gasteiger partial charge in [-0.1, -0.05) is 48.8 Å². The molecule has 0 bridgehead atoms. The van der Waals surface area contributed by atoms with Crippen molar-refractivity contribution >= 4 is 5.91 Å². The van der Waals surface area contributed by atoms with Crippen molar-refractivity contribution in [3.63, 3.8) is 0 Å². The fourth-order valence-electron chi connectivity index (χ4n) is 2.95. The van der Waals surface area contributed by atoms with Crippen LogP contribution in [0.1, 0.15) is 66.0 Å². The second-order valence-corrected chi connectivity index (χ2v) is 6.34. The van der Waals surface area contributed by atoms with Gasteiger partial charge >= 0.3 is 0 Å². The first-order valence-corrected chi connectivity index (χ1v) is 7.90. The van der Waals surface area contributed by atoms with Crippen LogP contribution in [0.2, 0.25) is 0 Å². The van der Waals surface area contributed by atoms with E-state index in [0.29, 0.717) is 5.69 Å². The lowest BCUT2D eigenvalue weighted by atomic mass is 10.0. The standard InChI is InChI=1S/C18H22N2O2/c1-12(2)17-11-15(19-22-17)18(21)20-10-4-5-16(20)14-8-6-13(3)7-9-14/h6-9,11-12,16H,4-5,10H2,1-3H3/t16-/m1/s1. The van der Waals surface area contributed by atoms with Crippen LogP contribution in [0.3, 0.4) is 0 Å². The molecule has 0 aliphatic carbocycles. The summed E-state index contributed by atoms with van der Waals surface area (Å²) in [7, 11) is 0. The number of hydrogen-bond acceptors (Lipinski definition) is 3. The molecule has 0 spiro atoms. The number of aryl methyl sites for hydroxylation is 1. The molecular weight excluding hydrogens is 276 g/mol. The molecule has 4 nitrogen and oxygen atoms in total. The van der Waals surface area contributed by atoms with Crippen molar-refractivity contribution in [2.75, 3.05) is 6.54 Å². The molecule has 1 aromatic heterocycles. The van der Waals surface area contributed by atoms with Crippen molar-refractivity contribution in [2.24, 2.45) is 0 Å². The van der Waals surface area contributed by atoms with Crippen LogP contribution in [-0.2, 0) is 0 Å². The molecule has 1 amide bonds. The molecule has 22 heavy (non-hydrogen) atoms. The summed E-state index contributed by atoms with van der Waals surface area (Å²) in [6.07, 6.45) is 2.03. The maximum Gasteiger partial charge on any atom is 0.276 e. The Morgan fingerprint density at radius 1 is 1.32 bits per heavy atom. The molecule has 116 valence electrons. The molecule has 1 aliphatic rings. The minimum absolute atomic E-state index is 0.0290. The average Bonchev–Trinajstić information content (AvgIpc) is 3.17. The summed E-state index contributed by atoms with van der Waals surface area (Å²) in [6, 6.07) is 10.4. The smallest absolute Gasteiger partial charge is 0.276 e. The number of benzene rings is 1. The van der Waals surface area contributed by atoms with E-state index in [1.807, 2.05) is 18.7 Å². The van der Waals surface area contributed by atoms with E-state index in [0.717, 1.165) is 25.1 Å². The molecule has 1 fully saturated rings. The molecule has 2 heterocycles. The number of amides is 1. The van der Waals surface area contributed by atoms with Gasteiger partial charge in [-0.3, -0.25) is 4.79 Å². The van der Waals surface area contributed by atoms with Crippen LogP contribution in [-0.4, -0.2) is 22.5 Å². The van der Waals surface area contributed by atoms with Gasteiger partial charge in [-0.05, 0) is 25.3 Å². The van der Waals surface area contributed by atoms with E-state index >= 15 is 0 Å². The predicted octanol–water partition coefficient (Wildman–Crippen LogP) is 4.08. The number of carbonyl (C=O) groups is 1. The second-order valence-electron chi connectivity index (χ2n) is 6.34. The fraction of sp³-hybridized carbons (Fsp3) is 0.444. The van der Waals surface area contributed by atoms with E-state index in [1.165, 1.54) is 11.1 Å². The number of nitrogens with zero attached hydrogens (tertiary/aromatic N) is 2. The highest BCUT2D eigenvalue weighted by atomic mass is 16.5. The molecule has 1 aromatic carbocycles. The molecular formula is C18H22N2O2. The first-order valence-electron chi connectivity index (χ1n) is 7.90. The molecule has 3 rings (SSSR count). The van der Waals surface area contributed by atoms with Crippen LogP contribution in [0.25, 0.3) is 0 Å². The van der Waals surface area contributed by atoms with E-state index in [-0.39, 0.29) is 17.9 Å². The lowest BCUT2D eigenvalue weighted by Crippen LogP contribution is -2.30. The Bertz CT molecular complexity index is 658. The van der Waals surface area contributed by atoms with Gasteiger partial charge in [-0.2, -0.15) is 0 Å². The Labute approximate surface area is 131 Å². The molecule has 0 saturated carbocycles. The zero-order valence-corrected chi connectivity index (χ0v) is 13.4. The van der Waals surface area contributed by atoms with E-state index in [1.54, 1.807) is 6.07 Å². The molecule has 2 aromatic rings. The lowest BCUT2D eigenvalue weighted by molar-refractivity contribution is 0.0725. The van der Waals surface area contributed by atoms with Crippen molar-refractivity contribution < 1.29 is 9.32 Å². The summed E-state index contributed by atoms with van der Waals surface area (Å²) in [6.45, 7) is 6.91. The Balaban J connectivity index is 1.82. The summed E-state index contributed by atoms with van der Waals surface area (Å²) in [5.41, 5.74) is 2.85. The zero-order chi connectivity index (χ0) is 15.7. The maximum atomic E-state index is 12.7. The Hall–Kier alpha value is -2.10. The summed E-state index contributed by atoms with van der Waals surface area (Å²) < 4.78 is 5.27. The van der Waals surface area contributed by atoms with Crippen LogP contribution < -0.4 is 0 Å². The molecule has 1 aliphatic heterocycles. The van der Waals surface area contributed by atoms with E-state index in [2.05, 4.69) is 36.3 Å². The topological polar surface area (TPSA) is 46.3 Å². The van der Waals surface area contributed by atoms with E-state index in [4.69, 9.17) is 4.52 Å². The first-order chi connectivity index (χ1) is 10.6. The zero-order valence-electron chi connectivity index (χ0n) is 13.4. The molecule has 4 heteroatoms. The van der Waals surface area contributed by atoms with Crippen LogP contribution >= 0.6 is 0 Å². The van der Waals surface area contributed by atoms with Crippen molar-refractivity contribution in [3.8, 4) is 0 Å². The Morgan fingerprint density at radius 3 is 2.68 bits per heavy atom. The SMILES string of the molecule is Cc1ccc([C@H]2CCCN2C(=O)c2cc(C(C)C)on2)cc1. The van der Waals surface area contributed by atoms with Crippen molar-refractivity contribution in [1.29, 1.82) is 0 Å². The summed E-state index contributed by atoms with van der Waals surface area (Å²) >= 11 is 0. The molecule has 0 radical (unpaired) electrons. The van der Waals surface area contributed by atoms with Crippen molar-refractivity contribution in [2.45, 2.75) is 45.6 Å². The number of likely N-dealkylation sites (tertiary alicyclic amines) is 1. The van der Waals surface area contributed by atoms with Gasteiger partial charge in [0.05, 0.1) is 6.04 Å². The lowest BCUT2D eigenvalue weighted by Gasteiger charge is -2.24. The second kappa shape index (κ2) is 5.95. The summed E-state index contributed by atoms with van der Waals surface area (Å²) in [5, 5.41) is 3.96. The summed E-state index contributed by atoms with van der Waals surface area (Å²) in [4.78, 5) is 14.7. The Morgan fingerprint density at radius 2 is 2.05 bits per heavy atom. The maximum absolute atomic E-state index is 12.7. The van der Waals surface area contributed by atoms with Crippen LogP contribution in [0.4, 0.5) is 0 Å². The predicted molar refractivity (Wildman–Crippen MR) is 84.8 cm³/mol. The molecule has 1 saturated heterocycles. The van der Waals surface area contributed by atoms with Gasteiger partial charge < -0.3 is 9.42 Å². The minimum atomic E-state index is -0.0290. The number of aromatic nitrogens is 1. The Kier molecular flexibility index (Phi) is 4.01. The van der Waals surface area contributed by atoms with Gasteiger partial charge in [0.1, 0.15) is 5.76 Å². The van der Waals surface area contributed by atoms with E-state index < -0.39 is 0 Å². The van der Waals surface area contributed by atoms with Crippen molar-refractivity contribution in [3.05, 3.63) is 52.9 Å². The highest BCUT2D eigenvalue weighted by Gasteiger charge is 2.32. The quantitative estimate of drug-likeness (QED) is 0.857. The molecule has 1 atom stereocenters. The fourth-order valence-corrected chi connectivity index (χ4v) is 2.95. The van der Waals surface area contributed by atoms with Gasteiger partial charge in [0.25, 0.3) is 5.91 Å². The normalized spacial score (nSPS) is 18.2. The van der Waals surface area contributed by atoms with Gasteiger partial charge in [0.2, 0.25) is 0 Å². The average molecular weight is 298 g/mol. The summed E-state index contributed by atoms with van der Waals surface area (Å²) in [5.74, 6) is 0.966. The third kappa shape index (κ3) is 2.78. The molecule has 0 unspecified atom stereocenters. The number of hydrogen-bond donors (Lipinski definition) is 0. The van der Waals surface area contributed by atoms with Gasteiger partial charge in [-0.15, -0.1) is 0 Å².